The molecule has 2 aromatic heterocycles. The molecule has 1 amide bonds. The number of carbonyl (C=O) groups excluding carboxylic acids is 1. The van der Waals surface area contributed by atoms with Crippen molar-refractivity contribution in [1.82, 2.24) is 10.2 Å². The minimum atomic E-state index is -1.04. The number of hydrogen-bond donors (Lipinski definition) is 2. The topological polar surface area (TPSA) is 113 Å². The number of nitrogens with zero attached hydrogens (tertiary/aromatic N) is 3. The third-order valence-corrected chi connectivity index (χ3v) is 8.28. The molecule has 8 nitrogen and oxygen atoms in total. The summed E-state index contributed by atoms with van der Waals surface area (Å²) in [5.41, 5.74) is 0.250. The molecule has 2 aromatic rings. The molecule has 0 unspecified atom stereocenters. The van der Waals surface area contributed by atoms with Crippen LogP contribution in [0.4, 0.5) is 5.69 Å². The molecule has 2 heterocycles. The lowest BCUT2D eigenvalue weighted by Crippen LogP contribution is -2.47. The van der Waals surface area contributed by atoms with Gasteiger partial charge in [0, 0.05) is 29.5 Å². The molecule has 0 radical (unpaired) electrons. The van der Waals surface area contributed by atoms with Crippen LogP contribution in [0.25, 0.3) is 0 Å². The summed E-state index contributed by atoms with van der Waals surface area (Å²) in [5.74, 6) is 6.02. The summed E-state index contributed by atoms with van der Waals surface area (Å²) < 4.78 is 5.96. The van der Waals surface area contributed by atoms with Gasteiger partial charge in [0.15, 0.2) is 0 Å². The Bertz CT molecular complexity index is 1190. The molecule has 0 aliphatic heterocycles. The average molecular weight is 540 g/mol. The molecule has 38 heavy (non-hydrogen) atoms. The zero-order valence-corrected chi connectivity index (χ0v) is 23.4. The van der Waals surface area contributed by atoms with Crippen LogP contribution >= 0.6 is 11.3 Å². The molecule has 2 fully saturated rings. The molecule has 2 saturated carbocycles. The lowest BCUT2D eigenvalue weighted by Gasteiger charge is -2.39. The van der Waals surface area contributed by atoms with E-state index in [1.807, 2.05) is 20.8 Å². The minimum Gasteiger partial charge on any atom is -0.492 e. The van der Waals surface area contributed by atoms with Crippen LogP contribution in [-0.2, 0) is 4.79 Å². The van der Waals surface area contributed by atoms with Gasteiger partial charge in [-0.05, 0) is 84.1 Å². The van der Waals surface area contributed by atoms with Crippen LogP contribution in [0.1, 0.15) is 93.6 Å². The van der Waals surface area contributed by atoms with E-state index in [9.17, 15) is 19.8 Å². The molecule has 0 spiro atoms. The average Bonchev–Trinajstić information content (AvgIpc) is 3.30. The van der Waals surface area contributed by atoms with Crippen molar-refractivity contribution in [2.75, 3.05) is 4.90 Å². The smallest absolute Gasteiger partial charge is 0.348 e. The number of carbonyl (C=O) groups is 2. The summed E-state index contributed by atoms with van der Waals surface area (Å²) >= 11 is 1.14. The fourth-order valence-corrected chi connectivity index (χ4v) is 6.03. The maximum Gasteiger partial charge on any atom is 0.348 e. The predicted molar refractivity (Wildman–Crippen MR) is 147 cm³/mol. The van der Waals surface area contributed by atoms with E-state index >= 15 is 0 Å². The third kappa shape index (κ3) is 7.04. The molecule has 0 atom stereocenters. The lowest BCUT2D eigenvalue weighted by molar-refractivity contribution is -0.124. The van der Waals surface area contributed by atoms with Crippen LogP contribution in [0.3, 0.4) is 0 Å². The Morgan fingerprint density at radius 3 is 2.32 bits per heavy atom. The molecule has 0 saturated heterocycles. The second kappa shape index (κ2) is 11.7. The number of rotatable bonds is 6. The Morgan fingerprint density at radius 1 is 1.05 bits per heavy atom. The standard InChI is InChI=1S/C29H37N3O5S/c1-18-5-7-19(8-6-18)27(34)32(23-17-22(15-16-29(2,3)4)38-26(23)28(35)36)20-9-11-21(12-10-20)37-25-14-13-24(33)30-31-25/h13-14,17-21H,5-12H2,1-4H3,(H,30,33)(H,35,36)/t18-,19-,20-,21+. The van der Waals surface area contributed by atoms with Crippen molar-refractivity contribution < 1.29 is 24.5 Å². The molecule has 9 heteroatoms. The van der Waals surface area contributed by atoms with E-state index in [0.29, 0.717) is 48.0 Å². The normalized spacial score (nSPS) is 23.7. The summed E-state index contributed by atoms with van der Waals surface area (Å²) in [6.45, 7) is 8.25. The molecular formula is C29H37N3O5S. The van der Waals surface area contributed by atoms with Gasteiger partial charge < -0.3 is 19.8 Å². The molecule has 2 N–H and O–H groups in total. The minimum absolute atomic E-state index is 0.0290. The monoisotopic (exact) mass is 539 g/mol. The van der Waals surface area contributed by atoms with Gasteiger partial charge >= 0.3 is 5.97 Å². The summed E-state index contributed by atoms with van der Waals surface area (Å²) in [4.78, 5) is 29.0. The number of ether oxygens (including phenoxy) is 1. The second-order valence-electron chi connectivity index (χ2n) is 11.6. The maximum atomic E-state index is 14.0. The highest BCUT2D eigenvalue weighted by Crippen LogP contribution is 2.39. The van der Waals surface area contributed by atoms with Gasteiger partial charge in [-0.1, -0.05) is 18.8 Å². The highest BCUT2D eigenvalue weighted by atomic mass is 32.1. The number of hydrogen-bond acceptors (Lipinski definition) is 7. The first-order chi connectivity index (χ1) is 18.0. The van der Waals surface area contributed by atoms with E-state index in [1.54, 1.807) is 17.0 Å². The summed E-state index contributed by atoms with van der Waals surface area (Å²) in [7, 11) is 0. The number of aromatic carboxylic acids is 1. The van der Waals surface area contributed by atoms with Crippen LogP contribution in [0.2, 0.25) is 0 Å². The number of aromatic nitrogens is 2. The Hall–Kier alpha value is -3.12. The molecule has 0 bridgehead atoms. The fraction of sp³-hybridized carbons (Fsp3) is 0.586. The first-order valence-corrected chi connectivity index (χ1v) is 14.2. The number of anilines is 1. The van der Waals surface area contributed by atoms with Crippen molar-refractivity contribution in [2.24, 2.45) is 17.3 Å². The summed E-state index contributed by atoms with van der Waals surface area (Å²) in [5, 5.41) is 26.9. The van der Waals surface area contributed by atoms with Crippen LogP contribution in [-0.4, -0.2) is 44.4 Å². The van der Waals surface area contributed by atoms with E-state index in [4.69, 9.17) is 4.74 Å². The second-order valence-corrected chi connectivity index (χ2v) is 12.6. The number of carboxylic acids is 1. The SMILES string of the molecule is CC(C)(C)C#Cc1cc(N(C(=O)[C@H]2CC[C@H](C)CC2)[C@H]2CC[C@@H](Oc3ccc(O)nn3)CC2)c(C(=O)O)s1. The van der Waals surface area contributed by atoms with Gasteiger partial charge in [0.25, 0.3) is 0 Å². The van der Waals surface area contributed by atoms with Crippen molar-refractivity contribution >= 4 is 28.9 Å². The Balaban J connectivity index is 1.60. The van der Waals surface area contributed by atoms with Gasteiger partial charge in [0.05, 0.1) is 10.6 Å². The lowest BCUT2D eigenvalue weighted by atomic mass is 9.81. The van der Waals surface area contributed by atoms with E-state index in [2.05, 4.69) is 29.0 Å². The molecule has 0 aromatic carbocycles. The number of aromatic hydroxyl groups is 1. The van der Waals surface area contributed by atoms with Crippen molar-refractivity contribution in [2.45, 2.75) is 91.2 Å². The highest BCUT2D eigenvalue weighted by molar-refractivity contribution is 7.15. The van der Waals surface area contributed by atoms with Gasteiger partial charge in [-0.25, -0.2) is 4.79 Å². The van der Waals surface area contributed by atoms with Crippen molar-refractivity contribution in [3.05, 3.63) is 28.0 Å². The van der Waals surface area contributed by atoms with Crippen LogP contribution in [0, 0.1) is 29.1 Å². The zero-order chi connectivity index (χ0) is 27.4. The van der Waals surface area contributed by atoms with E-state index in [1.165, 1.54) is 6.07 Å². The molecule has 2 aliphatic carbocycles. The van der Waals surface area contributed by atoms with Crippen LogP contribution in [0.5, 0.6) is 11.8 Å². The predicted octanol–water partition coefficient (Wildman–Crippen LogP) is 5.89. The first kappa shape index (κ1) is 27.9. The van der Waals surface area contributed by atoms with Gasteiger partial charge in [-0.2, -0.15) is 0 Å². The van der Waals surface area contributed by atoms with Gasteiger partial charge in [-0.15, -0.1) is 21.5 Å². The fourth-order valence-electron chi connectivity index (χ4n) is 5.19. The van der Waals surface area contributed by atoms with Gasteiger partial charge in [0.1, 0.15) is 11.0 Å². The van der Waals surface area contributed by atoms with E-state index < -0.39 is 5.97 Å². The Labute approximate surface area is 228 Å². The van der Waals surface area contributed by atoms with Gasteiger partial charge in [0.2, 0.25) is 17.7 Å². The summed E-state index contributed by atoms with van der Waals surface area (Å²) in [6.07, 6.45) is 6.35. The van der Waals surface area contributed by atoms with Crippen molar-refractivity contribution in [3.8, 4) is 23.6 Å². The summed E-state index contributed by atoms with van der Waals surface area (Å²) in [6, 6.07) is 4.69. The molecule has 204 valence electrons. The molecule has 4 rings (SSSR count). The number of thiophene rings is 1. The van der Waals surface area contributed by atoms with Gasteiger partial charge in [-0.3, -0.25) is 4.79 Å². The van der Waals surface area contributed by atoms with E-state index in [0.717, 1.165) is 37.0 Å². The zero-order valence-electron chi connectivity index (χ0n) is 22.6. The van der Waals surface area contributed by atoms with E-state index in [-0.39, 0.29) is 40.1 Å². The van der Waals surface area contributed by atoms with Crippen molar-refractivity contribution in [1.29, 1.82) is 0 Å². The van der Waals surface area contributed by atoms with Crippen LogP contribution in [0.15, 0.2) is 18.2 Å². The third-order valence-electron chi connectivity index (χ3n) is 7.25. The van der Waals surface area contributed by atoms with Crippen LogP contribution < -0.4 is 9.64 Å². The first-order valence-electron chi connectivity index (χ1n) is 13.4. The number of amides is 1. The maximum absolute atomic E-state index is 14.0. The Kier molecular flexibility index (Phi) is 8.61. The molecule has 2 aliphatic rings. The quantitative estimate of drug-likeness (QED) is 0.440. The largest absolute Gasteiger partial charge is 0.492 e. The van der Waals surface area contributed by atoms with Crippen molar-refractivity contribution in [3.63, 3.8) is 0 Å². The number of carboxylic acid groups (broad SMARTS) is 1. The molecular weight excluding hydrogens is 502 g/mol. The Morgan fingerprint density at radius 2 is 1.74 bits per heavy atom. The highest BCUT2D eigenvalue weighted by Gasteiger charge is 2.38.